The number of carbonyl (C=O) groups is 1. The number of fused-ring (bicyclic) bond motifs is 1. The summed E-state index contributed by atoms with van der Waals surface area (Å²) in [5.41, 5.74) is -0.103. The molecule has 1 aliphatic carbocycles. The minimum Gasteiger partial charge on any atom is -0.337 e. The monoisotopic (exact) mass is 362 g/mol. The van der Waals surface area contributed by atoms with Crippen LogP contribution in [-0.2, 0) is 4.79 Å². The molecule has 1 aromatic carbocycles. The third-order valence-corrected chi connectivity index (χ3v) is 6.08. The number of rotatable bonds is 6. The Kier molecular flexibility index (Phi) is 4.43. The van der Waals surface area contributed by atoms with Gasteiger partial charge in [0.25, 0.3) is 5.69 Å². The van der Waals surface area contributed by atoms with E-state index in [0.717, 1.165) is 12.8 Å². The minimum absolute atomic E-state index is 0.0228. The Morgan fingerprint density at radius 2 is 2.38 bits per heavy atom. The highest BCUT2D eigenvalue weighted by molar-refractivity contribution is 8.01. The van der Waals surface area contributed by atoms with Crippen molar-refractivity contribution in [2.24, 2.45) is 5.92 Å². The van der Waals surface area contributed by atoms with Gasteiger partial charge in [-0.3, -0.25) is 14.9 Å². The van der Waals surface area contributed by atoms with E-state index in [1.807, 2.05) is 0 Å². The summed E-state index contributed by atoms with van der Waals surface area (Å²) in [5.74, 6) is 0.187. The van der Waals surface area contributed by atoms with Crippen LogP contribution in [0.2, 0.25) is 0 Å². The van der Waals surface area contributed by atoms with Gasteiger partial charge in [-0.15, -0.1) is 11.3 Å². The summed E-state index contributed by atoms with van der Waals surface area (Å²) in [6.45, 7) is 1.75. The number of nitrogens with one attached hydrogen (secondary N) is 1. The van der Waals surface area contributed by atoms with Crippen LogP contribution in [0.25, 0.3) is 10.2 Å². The number of nitro groups is 1. The van der Waals surface area contributed by atoms with E-state index in [2.05, 4.69) is 16.4 Å². The number of benzene rings is 1. The van der Waals surface area contributed by atoms with Gasteiger partial charge in [-0.1, -0.05) is 11.8 Å². The molecule has 0 aliphatic heterocycles. The van der Waals surface area contributed by atoms with E-state index >= 15 is 0 Å². The van der Waals surface area contributed by atoms with Crippen molar-refractivity contribution in [3.63, 3.8) is 0 Å². The second kappa shape index (κ2) is 6.37. The van der Waals surface area contributed by atoms with Crippen LogP contribution in [0, 0.1) is 27.4 Å². The van der Waals surface area contributed by atoms with Crippen molar-refractivity contribution in [3.8, 4) is 6.07 Å². The molecule has 0 bridgehead atoms. The van der Waals surface area contributed by atoms with Crippen molar-refractivity contribution in [2.75, 3.05) is 5.75 Å². The molecule has 2 aromatic rings. The van der Waals surface area contributed by atoms with Gasteiger partial charge in [0.15, 0.2) is 4.34 Å². The molecule has 1 amide bonds. The molecule has 0 radical (unpaired) electrons. The second-order valence-corrected chi connectivity index (χ2v) is 8.07. The average Bonchev–Trinajstić information content (AvgIpc) is 3.33. The molecule has 7 nitrogen and oxygen atoms in total. The second-order valence-electron chi connectivity index (χ2n) is 5.81. The zero-order valence-electron chi connectivity index (χ0n) is 12.8. The lowest BCUT2D eigenvalue weighted by molar-refractivity contribution is -0.384. The van der Waals surface area contributed by atoms with Crippen molar-refractivity contribution in [1.82, 2.24) is 10.3 Å². The predicted octanol–water partition coefficient (Wildman–Crippen LogP) is 3.11. The van der Waals surface area contributed by atoms with Gasteiger partial charge in [-0.05, 0) is 31.7 Å². The fraction of sp³-hybridized carbons (Fsp3) is 0.400. The summed E-state index contributed by atoms with van der Waals surface area (Å²) in [6, 6.07) is 6.69. The molecule has 1 saturated carbocycles. The van der Waals surface area contributed by atoms with Gasteiger partial charge >= 0.3 is 0 Å². The lowest BCUT2D eigenvalue weighted by Gasteiger charge is -2.22. The largest absolute Gasteiger partial charge is 0.337 e. The van der Waals surface area contributed by atoms with Crippen LogP contribution < -0.4 is 5.32 Å². The maximum atomic E-state index is 12.1. The van der Waals surface area contributed by atoms with E-state index in [1.54, 1.807) is 13.0 Å². The zero-order chi connectivity index (χ0) is 17.3. The van der Waals surface area contributed by atoms with Gasteiger partial charge in [-0.2, -0.15) is 5.26 Å². The number of nitriles is 1. The fourth-order valence-corrected chi connectivity index (χ4v) is 4.30. The van der Waals surface area contributed by atoms with E-state index in [0.29, 0.717) is 14.6 Å². The van der Waals surface area contributed by atoms with E-state index in [9.17, 15) is 20.2 Å². The topological polar surface area (TPSA) is 109 Å². The number of nitro benzene ring substituents is 1. The Balaban J connectivity index is 1.64. The first kappa shape index (κ1) is 16.7. The summed E-state index contributed by atoms with van der Waals surface area (Å²) in [7, 11) is 0. The molecule has 1 aromatic heterocycles. The normalized spacial score (nSPS) is 16.3. The predicted molar refractivity (Wildman–Crippen MR) is 91.9 cm³/mol. The van der Waals surface area contributed by atoms with Gasteiger partial charge in [-0.25, -0.2) is 4.98 Å². The fourth-order valence-electron chi connectivity index (χ4n) is 2.40. The van der Waals surface area contributed by atoms with Gasteiger partial charge in [0.1, 0.15) is 5.54 Å². The van der Waals surface area contributed by atoms with Gasteiger partial charge in [0, 0.05) is 12.1 Å². The number of non-ortho nitro benzene ring substituents is 1. The highest BCUT2D eigenvalue weighted by atomic mass is 32.2. The van der Waals surface area contributed by atoms with Crippen LogP contribution in [0.1, 0.15) is 19.8 Å². The average molecular weight is 362 g/mol. The first-order chi connectivity index (χ1) is 11.4. The van der Waals surface area contributed by atoms with E-state index < -0.39 is 10.5 Å². The van der Waals surface area contributed by atoms with Crippen molar-refractivity contribution >= 4 is 44.9 Å². The number of amides is 1. The number of hydrogen-bond donors (Lipinski definition) is 1. The molecule has 1 heterocycles. The van der Waals surface area contributed by atoms with E-state index in [4.69, 9.17) is 0 Å². The summed E-state index contributed by atoms with van der Waals surface area (Å²) in [4.78, 5) is 26.8. The van der Waals surface area contributed by atoms with Gasteiger partial charge < -0.3 is 5.32 Å². The lowest BCUT2D eigenvalue weighted by atomic mass is 9.98. The van der Waals surface area contributed by atoms with Crippen LogP contribution in [0.15, 0.2) is 22.5 Å². The molecule has 0 unspecified atom stereocenters. The minimum atomic E-state index is -0.800. The smallest absolute Gasteiger partial charge is 0.270 e. The highest BCUT2D eigenvalue weighted by Crippen LogP contribution is 2.39. The van der Waals surface area contributed by atoms with Crippen molar-refractivity contribution in [2.45, 2.75) is 29.6 Å². The quantitative estimate of drug-likeness (QED) is 0.480. The molecule has 24 heavy (non-hydrogen) atoms. The van der Waals surface area contributed by atoms with E-state index in [1.165, 1.54) is 35.2 Å². The van der Waals surface area contributed by atoms with Crippen molar-refractivity contribution in [1.29, 1.82) is 5.26 Å². The Bertz CT molecular complexity index is 856. The molecule has 1 N–H and O–H groups in total. The van der Waals surface area contributed by atoms with Crippen LogP contribution in [-0.4, -0.2) is 27.1 Å². The molecular formula is C15H14N4O3S2. The Labute approximate surface area is 146 Å². The number of hydrogen-bond acceptors (Lipinski definition) is 7. The highest BCUT2D eigenvalue weighted by Gasteiger charge is 2.42. The van der Waals surface area contributed by atoms with Crippen molar-refractivity contribution < 1.29 is 9.72 Å². The molecule has 0 spiro atoms. The third kappa shape index (κ3) is 3.49. The number of thioether (sulfide) groups is 1. The zero-order valence-corrected chi connectivity index (χ0v) is 14.4. The molecule has 1 fully saturated rings. The number of nitrogens with zero attached hydrogens (tertiary/aromatic N) is 3. The summed E-state index contributed by atoms with van der Waals surface area (Å²) < 4.78 is 1.39. The van der Waals surface area contributed by atoms with Crippen LogP contribution in [0.3, 0.4) is 0 Å². The molecular weight excluding hydrogens is 348 g/mol. The molecule has 9 heteroatoms. The maximum Gasteiger partial charge on any atom is 0.270 e. The first-order valence-corrected chi connectivity index (χ1v) is 9.11. The molecule has 0 saturated heterocycles. The SMILES string of the molecule is C[C@](C#N)(NC(=O)CSc1nc2ccc([N+](=O)[O-])cc2s1)C1CC1. The standard InChI is InChI=1S/C15H14N4O3S2/c1-15(8-16,9-2-3-9)18-13(20)7-23-14-17-11-5-4-10(19(21)22)6-12(11)24-14/h4-6,9H,2-3,7H2,1H3,(H,18,20)/t15-/m1/s1. The summed E-state index contributed by atoms with van der Waals surface area (Å²) >= 11 is 2.58. The van der Waals surface area contributed by atoms with Crippen molar-refractivity contribution in [3.05, 3.63) is 28.3 Å². The maximum absolute atomic E-state index is 12.1. The van der Waals surface area contributed by atoms with Gasteiger partial charge in [0.2, 0.25) is 5.91 Å². The third-order valence-electron chi connectivity index (χ3n) is 3.92. The number of carbonyl (C=O) groups excluding carboxylic acids is 1. The van der Waals surface area contributed by atoms with Crippen LogP contribution in [0.4, 0.5) is 5.69 Å². The van der Waals surface area contributed by atoms with E-state index in [-0.39, 0.29) is 23.3 Å². The lowest BCUT2D eigenvalue weighted by Crippen LogP contribution is -2.47. The van der Waals surface area contributed by atoms with Gasteiger partial charge in [0.05, 0.1) is 27.0 Å². The first-order valence-electron chi connectivity index (χ1n) is 7.31. The molecule has 124 valence electrons. The Hall–Kier alpha value is -2.18. The number of thiazole rings is 1. The summed E-state index contributed by atoms with van der Waals surface area (Å²) in [5, 5.41) is 22.9. The molecule has 1 atom stereocenters. The number of aromatic nitrogens is 1. The molecule has 1 aliphatic rings. The Morgan fingerprint density at radius 1 is 1.62 bits per heavy atom. The van der Waals surface area contributed by atoms with Crippen LogP contribution >= 0.6 is 23.1 Å². The molecule has 3 rings (SSSR count). The Morgan fingerprint density at radius 3 is 3.00 bits per heavy atom. The van der Waals surface area contributed by atoms with Crippen LogP contribution in [0.5, 0.6) is 0 Å². The summed E-state index contributed by atoms with van der Waals surface area (Å²) in [6.07, 6.45) is 1.93.